The van der Waals surface area contributed by atoms with Crippen LogP contribution in [0.5, 0.6) is 0 Å². The number of rotatable bonds is 7. The molecule has 4 nitrogen and oxygen atoms in total. The van der Waals surface area contributed by atoms with E-state index in [2.05, 4.69) is 0 Å². The van der Waals surface area contributed by atoms with E-state index in [1.165, 1.54) is 19.1 Å². The number of aliphatic carboxylic acids is 1. The van der Waals surface area contributed by atoms with Crippen LogP contribution in [-0.2, 0) is 21.9 Å². The average Bonchev–Trinajstić information content (AvgIpc) is 3.25. The monoisotopic (exact) mass is 561 g/mol. The Kier molecular flexibility index (Phi) is 8.61. The zero-order valence-corrected chi connectivity index (χ0v) is 21.2. The van der Waals surface area contributed by atoms with Gasteiger partial charge < -0.3 is 9.84 Å². The van der Waals surface area contributed by atoms with Crippen LogP contribution in [0, 0.1) is 11.7 Å². The lowest BCUT2D eigenvalue weighted by Gasteiger charge is -2.37. The van der Waals surface area contributed by atoms with Gasteiger partial charge in [-0.1, -0.05) is 18.6 Å². The summed E-state index contributed by atoms with van der Waals surface area (Å²) < 4.78 is 100. The van der Waals surface area contributed by atoms with Crippen LogP contribution in [0.2, 0.25) is 0 Å². The highest BCUT2D eigenvalue weighted by atomic mass is 19.4. The molecular weight excluding hydrogens is 531 g/mol. The van der Waals surface area contributed by atoms with Gasteiger partial charge in [0, 0.05) is 12.5 Å². The van der Waals surface area contributed by atoms with E-state index in [9.17, 15) is 40.6 Å². The molecule has 1 N–H and O–H groups in total. The number of ether oxygens (including phenoxy) is 1. The molecule has 2 aromatic carbocycles. The first-order valence-electron chi connectivity index (χ1n) is 12.9. The Morgan fingerprint density at radius 2 is 1.59 bits per heavy atom. The van der Waals surface area contributed by atoms with E-state index in [-0.39, 0.29) is 23.5 Å². The standard InChI is InChI=1S/C28H30F7NO3/c1-16(19-12-20(27(30,31)32)14-21(13-19)28(33,34)35)39-24-10-7-18(25(24)17-5-8-22(29)9-6-17)15-36-11-3-2-4-23(36)26(37)38/h5-6,8-9,12-14,16,18,23-25H,2-4,7,10-11,15H2,1H3,(H,37,38)/t16-,18+,23+,24+,25+/m1/s1. The van der Waals surface area contributed by atoms with E-state index in [1.807, 2.05) is 4.90 Å². The third kappa shape index (κ3) is 6.92. The van der Waals surface area contributed by atoms with E-state index in [1.54, 1.807) is 12.1 Å². The quantitative estimate of drug-likeness (QED) is 0.357. The fourth-order valence-electron chi connectivity index (χ4n) is 5.92. The summed E-state index contributed by atoms with van der Waals surface area (Å²) >= 11 is 0. The van der Waals surface area contributed by atoms with Crippen molar-refractivity contribution in [2.75, 3.05) is 13.1 Å². The van der Waals surface area contributed by atoms with Crippen molar-refractivity contribution in [3.8, 4) is 0 Å². The molecule has 0 spiro atoms. The van der Waals surface area contributed by atoms with Crippen LogP contribution < -0.4 is 0 Å². The van der Waals surface area contributed by atoms with Crippen molar-refractivity contribution in [3.63, 3.8) is 0 Å². The second-order valence-corrected chi connectivity index (χ2v) is 10.4. The molecule has 2 aliphatic rings. The molecule has 11 heteroatoms. The largest absolute Gasteiger partial charge is 0.480 e. The molecule has 2 fully saturated rings. The van der Waals surface area contributed by atoms with Crippen molar-refractivity contribution in [3.05, 3.63) is 70.5 Å². The summed E-state index contributed by atoms with van der Waals surface area (Å²) in [5, 5.41) is 9.68. The molecule has 5 atom stereocenters. The highest BCUT2D eigenvalue weighted by molar-refractivity contribution is 5.73. The lowest BCUT2D eigenvalue weighted by molar-refractivity contribution is -0.145. The lowest BCUT2D eigenvalue weighted by Crippen LogP contribution is -2.47. The minimum absolute atomic E-state index is 0.0840. The summed E-state index contributed by atoms with van der Waals surface area (Å²) in [6, 6.07) is 6.56. The van der Waals surface area contributed by atoms with Gasteiger partial charge in [0.1, 0.15) is 11.9 Å². The minimum atomic E-state index is -4.97. The molecule has 0 radical (unpaired) electrons. The van der Waals surface area contributed by atoms with Gasteiger partial charge in [0.2, 0.25) is 0 Å². The van der Waals surface area contributed by atoms with Crippen molar-refractivity contribution >= 4 is 5.97 Å². The van der Waals surface area contributed by atoms with Crippen molar-refractivity contribution in [1.82, 2.24) is 4.90 Å². The number of alkyl halides is 6. The molecule has 0 aromatic heterocycles. The Balaban J connectivity index is 1.62. The van der Waals surface area contributed by atoms with Gasteiger partial charge >= 0.3 is 18.3 Å². The molecule has 39 heavy (non-hydrogen) atoms. The van der Waals surface area contributed by atoms with Crippen molar-refractivity contribution < 1.29 is 45.4 Å². The molecule has 1 saturated carbocycles. The van der Waals surface area contributed by atoms with Crippen molar-refractivity contribution in [1.29, 1.82) is 0 Å². The molecular formula is C28H30F7NO3. The second-order valence-electron chi connectivity index (χ2n) is 10.4. The highest BCUT2D eigenvalue weighted by Gasteiger charge is 2.42. The van der Waals surface area contributed by atoms with Gasteiger partial charge in [0.25, 0.3) is 0 Å². The Hall–Kier alpha value is -2.66. The minimum Gasteiger partial charge on any atom is -0.480 e. The number of hydrogen-bond acceptors (Lipinski definition) is 3. The number of nitrogens with zero attached hydrogens (tertiary/aromatic N) is 1. The molecule has 214 valence electrons. The van der Waals surface area contributed by atoms with E-state index in [4.69, 9.17) is 4.74 Å². The number of likely N-dealkylation sites (tertiary alicyclic amines) is 1. The number of carboxylic acids is 1. The highest BCUT2D eigenvalue weighted by Crippen LogP contribution is 2.45. The maximum atomic E-state index is 13.7. The Morgan fingerprint density at radius 3 is 2.15 bits per heavy atom. The summed E-state index contributed by atoms with van der Waals surface area (Å²) in [7, 11) is 0. The fourth-order valence-corrected chi connectivity index (χ4v) is 5.92. The SMILES string of the molecule is C[C@@H](O[C@H]1CC[C@@H](CN2CCCC[C@H]2C(=O)O)[C@@H]1c1ccc(F)cc1)c1cc(C(F)(F)F)cc(C(F)(F)F)c1. The number of piperidine rings is 1. The van der Waals surface area contributed by atoms with Crippen LogP contribution in [0.1, 0.15) is 73.3 Å². The van der Waals surface area contributed by atoms with Crippen LogP contribution in [0.25, 0.3) is 0 Å². The van der Waals surface area contributed by atoms with Gasteiger partial charge in [-0.2, -0.15) is 26.3 Å². The number of benzene rings is 2. The number of hydrogen-bond donors (Lipinski definition) is 1. The number of carboxylic acid groups (broad SMARTS) is 1. The Labute approximate surface area is 221 Å². The maximum absolute atomic E-state index is 13.7. The predicted molar refractivity (Wildman–Crippen MR) is 128 cm³/mol. The molecule has 0 bridgehead atoms. The molecule has 1 aliphatic carbocycles. The summed E-state index contributed by atoms with van der Waals surface area (Å²) in [4.78, 5) is 13.7. The van der Waals surface area contributed by atoms with Gasteiger partial charge in [0.05, 0.1) is 23.3 Å². The van der Waals surface area contributed by atoms with Crippen LogP contribution in [0.4, 0.5) is 30.7 Å². The first kappa shape index (κ1) is 29.3. The number of carbonyl (C=O) groups is 1. The van der Waals surface area contributed by atoms with Gasteiger partial charge in [-0.15, -0.1) is 0 Å². The summed E-state index contributed by atoms with van der Waals surface area (Å²) in [6.07, 6.45) is -8.36. The molecule has 1 aliphatic heterocycles. The average molecular weight is 562 g/mol. The molecule has 0 unspecified atom stereocenters. The zero-order chi connectivity index (χ0) is 28.5. The van der Waals surface area contributed by atoms with E-state index >= 15 is 0 Å². The van der Waals surface area contributed by atoms with Gasteiger partial charge in [-0.3, -0.25) is 9.69 Å². The smallest absolute Gasteiger partial charge is 0.416 e. The molecule has 4 rings (SSSR count). The first-order chi connectivity index (χ1) is 18.2. The molecule has 1 saturated heterocycles. The Morgan fingerprint density at radius 1 is 0.974 bits per heavy atom. The fraction of sp³-hybridized carbons (Fsp3) is 0.536. The normalized spacial score (nSPS) is 25.5. The van der Waals surface area contributed by atoms with Crippen molar-refractivity contribution in [2.45, 2.75) is 75.5 Å². The summed E-state index contributed by atoms with van der Waals surface area (Å²) in [5.74, 6) is -1.81. The second kappa shape index (κ2) is 11.4. The van der Waals surface area contributed by atoms with Crippen LogP contribution >= 0.6 is 0 Å². The van der Waals surface area contributed by atoms with Crippen LogP contribution in [-0.4, -0.2) is 41.2 Å². The Bertz CT molecular complexity index is 1120. The topological polar surface area (TPSA) is 49.8 Å². The maximum Gasteiger partial charge on any atom is 0.416 e. The molecule has 0 amide bonds. The van der Waals surface area contributed by atoms with Crippen LogP contribution in [0.15, 0.2) is 42.5 Å². The lowest BCUT2D eigenvalue weighted by atomic mass is 9.86. The van der Waals surface area contributed by atoms with Gasteiger partial charge in [-0.25, -0.2) is 4.39 Å². The predicted octanol–water partition coefficient (Wildman–Crippen LogP) is 7.44. The molecule has 2 aromatic rings. The summed E-state index contributed by atoms with van der Waals surface area (Å²) in [6.45, 7) is 2.46. The van der Waals surface area contributed by atoms with Gasteiger partial charge in [0.15, 0.2) is 0 Å². The van der Waals surface area contributed by atoms with E-state index < -0.39 is 53.5 Å². The summed E-state index contributed by atoms with van der Waals surface area (Å²) in [5.41, 5.74) is -2.35. The van der Waals surface area contributed by atoms with Gasteiger partial charge in [-0.05, 0) is 86.5 Å². The molecule has 1 heterocycles. The van der Waals surface area contributed by atoms with Crippen molar-refractivity contribution in [2.24, 2.45) is 5.92 Å². The van der Waals surface area contributed by atoms with Crippen LogP contribution in [0.3, 0.4) is 0 Å². The van der Waals surface area contributed by atoms with E-state index in [0.717, 1.165) is 18.4 Å². The third-order valence-electron chi connectivity index (χ3n) is 7.81. The van der Waals surface area contributed by atoms with E-state index in [0.29, 0.717) is 44.5 Å². The zero-order valence-electron chi connectivity index (χ0n) is 21.2. The first-order valence-corrected chi connectivity index (χ1v) is 12.9. The number of halogens is 7. The third-order valence-corrected chi connectivity index (χ3v) is 7.81.